The quantitative estimate of drug-likeness (QED) is 0.406. The third-order valence-electron chi connectivity index (χ3n) is 2.51. The number of nitrogens with zero attached hydrogens (tertiary/aromatic N) is 3. The van der Waals surface area contributed by atoms with E-state index in [0.29, 0.717) is 5.56 Å². The summed E-state index contributed by atoms with van der Waals surface area (Å²) in [7, 11) is 0. The van der Waals surface area contributed by atoms with Crippen LogP contribution in [0, 0.1) is 5.82 Å². The molecule has 2 atom stereocenters. The van der Waals surface area contributed by atoms with E-state index in [0.717, 1.165) is 6.07 Å². The summed E-state index contributed by atoms with van der Waals surface area (Å²) in [4.78, 5) is 2.51. The van der Waals surface area contributed by atoms with Crippen LogP contribution >= 0.6 is 0 Å². The molecule has 98 valence electrons. The topological polar surface area (TPSA) is 109 Å². The molecule has 18 heavy (non-hydrogen) atoms. The summed E-state index contributed by atoms with van der Waals surface area (Å²) in [5, 5.41) is 31.6. The van der Waals surface area contributed by atoms with Gasteiger partial charge in [0.2, 0.25) is 0 Å². The summed E-state index contributed by atoms with van der Waals surface area (Å²) >= 11 is 0. The molecule has 0 spiro atoms. The summed E-state index contributed by atoms with van der Waals surface area (Å²) in [5.74, 6) is -0.664. The Morgan fingerprint density at radius 3 is 2.72 bits per heavy atom. The molecule has 6 nitrogen and oxygen atoms in total. The van der Waals surface area contributed by atoms with Crippen molar-refractivity contribution in [3.63, 3.8) is 0 Å². The average Bonchev–Trinajstić information content (AvgIpc) is 2.38. The van der Waals surface area contributed by atoms with Crippen LogP contribution < -0.4 is 0 Å². The highest BCUT2D eigenvalue weighted by Crippen LogP contribution is 2.23. The minimum absolute atomic E-state index is 0.00996. The first-order valence-electron chi connectivity index (χ1n) is 5.36. The van der Waals surface area contributed by atoms with Crippen molar-refractivity contribution in [2.45, 2.75) is 25.2 Å². The maximum atomic E-state index is 13.5. The highest BCUT2D eigenvalue weighted by molar-refractivity contribution is 5.27. The second kappa shape index (κ2) is 6.93. The fraction of sp³-hybridized carbons (Fsp3) is 0.455. The maximum absolute atomic E-state index is 13.5. The van der Waals surface area contributed by atoms with Crippen molar-refractivity contribution >= 4 is 0 Å². The minimum atomic E-state index is -1.43. The van der Waals surface area contributed by atoms with Gasteiger partial charge in [-0.1, -0.05) is 11.2 Å². The number of aliphatic hydroxyl groups excluding tert-OH is 3. The molecule has 7 heteroatoms. The third kappa shape index (κ3) is 3.68. The molecule has 0 aliphatic carbocycles. The Balaban J connectivity index is 2.81. The Hall–Kier alpha value is -1.66. The van der Waals surface area contributed by atoms with Crippen molar-refractivity contribution in [3.8, 4) is 0 Å². The van der Waals surface area contributed by atoms with Crippen LogP contribution in [0.4, 0.5) is 4.39 Å². The third-order valence-corrected chi connectivity index (χ3v) is 2.51. The highest BCUT2D eigenvalue weighted by Gasteiger charge is 2.21. The second-order valence-electron chi connectivity index (χ2n) is 3.77. The summed E-state index contributed by atoms with van der Waals surface area (Å²) in [5.41, 5.74) is 8.42. The predicted octanol–water partition coefficient (Wildman–Crippen LogP) is 1.41. The first kappa shape index (κ1) is 14.4. The van der Waals surface area contributed by atoms with Crippen molar-refractivity contribution in [2.24, 2.45) is 5.11 Å². The van der Waals surface area contributed by atoms with E-state index in [9.17, 15) is 14.6 Å². The molecular formula is C11H14FN3O3. The molecule has 0 saturated carbocycles. The molecule has 0 aliphatic heterocycles. The van der Waals surface area contributed by atoms with Crippen LogP contribution in [-0.4, -0.2) is 28.0 Å². The van der Waals surface area contributed by atoms with Crippen molar-refractivity contribution < 1.29 is 19.7 Å². The van der Waals surface area contributed by atoms with E-state index in [1.165, 1.54) is 12.1 Å². The number of halogens is 1. The molecule has 3 N–H and O–H groups in total. The van der Waals surface area contributed by atoms with Gasteiger partial charge < -0.3 is 15.3 Å². The van der Waals surface area contributed by atoms with Gasteiger partial charge in [-0.2, -0.15) is 0 Å². The monoisotopic (exact) mass is 255 g/mol. The van der Waals surface area contributed by atoms with Crippen molar-refractivity contribution in [3.05, 3.63) is 45.6 Å². The van der Waals surface area contributed by atoms with Crippen LogP contribution in [-0.2, 0) is 6.61 Å². The van der Waals surface area contributed by atoms with Gasteiger partial charge in [-0.25, -0.2) is 4.39 Å². The molecule has 0 radical (unpaired) electrons. The molecule has 0 heterocycles. The van der Waals surface area contributed by atoms with Crippen LogP contribution in [0.5, 0.6) is 0 Å². The molecule has 0 saturated heterocycles. The van der Waals surface area contributed by atoms with Gasteiger partial charge >= 0.3 is 0 Å². The normalized spacial score (nSPS) is 13.8. The molecule has 0 aliphatic rings. The Labute approximate surface area is 103 Å². The van der Waals surface area contributed by atoms with Gasteiger partial charge in [0.25, 0.3) is 0 Å². The smallest absolute Gasteiger partial charge is 0.129 e. The second-order valence-corrected chi connectivity index (χ2v) is 3.77. The standard InChI is InChI=1S/C11H14FN3O3/c12-9-2-1-7(6-16)5-8(9)11(18)10(17)3-4-14-15-13/h1-2,5,10-11,16-18H,3-4,6H2. The van der Waals surface area contributed by atoms with Crippen LogP contribution in [0.25, 0.3) is 10.4 Å². The number of benzene rings is 1. The molecule has 2 unspecified atom stereocenters. The van der Waals surface area contributed by atoms with E-state index < -0.39 is 18.0 Å². The lowest BCUT2D eigenvalue weighted by atomic mass is 9.99. The first-order chi connectivity index (χ1) is 8.60. The predicted molar refractivity (Wildman–Crippen MR) is 61.9 cm³/mol. The average molecular weight is 255 g/mol. The lowest BCUT2D eigenvalue weighted by Crippen LogP contribution is -2.20. The lowest BCUT2D eigenvalue weighted by Gasteiger charge is -2.18. The maximum Gasteiger partial charge on any atom is 0.129 e. The summed E-state index contributed by atoms with van der Waals surface area (Å²) in [6.45, 7) is -0.273. The number of azide groups is 1. The van der Waals surface area contributed by atoms with Crippen LogP contribution in [0.15, 0.2) is 23.3 Å². The van der Waals surface area contributed by atoms with Crippen LogP contribution in [0.2, 0.25) is 0 Å². The van der Waals surface area contributed by atoms with Gasteiger partial charge in [0.15, 0.2) is 0 Å². The largest absolute Gasteiger partial charge is 0.392 e. The Kier molecular flexibility index (Phi) is 5.54. The minimum Gasteiger partial charge on any atom is -0.392 e. The summed E-state index contributed by atoms with van der Waals surface area (Å²) in [6, 6.07) is 3.79. The van der Waals surface area contributed by atoms with Crippen molar-refractivity contribution in [1.82, 2.24) is 0 Å². The molecule has 1 rings (SSSR count). The molecule has 0 bridgehead atoms. The van der Waals surface area contributed by atoms with Gasteiger partial charge in [0.05, 0.1) is 12.7 Å². The molecule has 1 aromatic carbocycles. The van der Waals surface area contributed by atoms with Crippen LogP contribution in [0.1, 0.15) is 23.7 Å². The van der Waals surface area contributed by atoms with Gasteiger partial charge in [0, 0.05) is 17.0 Å². The molecule has 0 amide bonds. The molecular weight excluding hydrogens is 241 g/mol. The summed E-state index contributed by atoms with van der Waals surface area (Å²) < 4.78 is 13.5. The molecule has 0 aromatic heterocycles. The number of rotatable bonds is 6. The zero-order chi connectivity index (χ0) is 13.5. The van der Waals surface area contributed by atoms with Gasteiger partial charge in [-0.3, -0.25) is 0 Å². The van der Waals surface area contributed by atoms with E-state index >= 15 is 0 Å². The van der Waals surface area contributed by atoms with Crippen molar-refractivity contribution in [1.29, 1.82) is 0 Å². The van der Waals surface area contributed by atoms with E-state index in [4.69, 9.17) is 10.6 Å². The van der Waals surface area contributed by atoms with E-state index in [1.807, 2.05) is 0 Å². The number of hydrogen-bond acceptors (Lipinski definition) is 4. The van der Waals surface area contributed by atoms with Gasteiger partial charge in [-0.05, 0) is 29.6 Å². The fourth-order valence-electron chi connectivity index (χ4n) is 1.52. The SMILES string of the molecule is [N-]=[N+]=NCCC(O)C(O)c1cc(CO)ccc1F. The highest BCUT2D eigenvalue weighted by atomic mass is 19.1. The molecule has 0 fully saturated rings. The van der Waals surface area contributed by atoms with Gasteiger partial charge in [0.1, 0.15) is 11.9 Å². The van der Waals surface area contributed by atoms with Gasteiger partial charge in [-0.15, -0.1) is 0 Å². The zero-order valence-electron chi connectivity index (χ0n) is 9.57. The number of hydrogen-bond donors (Lipinski definition) is 3. The van der Waals surface area contributed by atoms with E-state index in [2.05, 4.69) is 10.0 Å². The molecule has 1 aromatic rings. The van der Waals surface area contributed by atoms with E-state index in [1.54, 1.807) is 0 Å². The fourth-order valence-corrected chi connectivity index (χ4v) is 1.52. The Morgan fingerprint density at radius 1 is 1.39 bits per heavy atom. The van der Waals surface area contributed by atoms with Crippen LogP contribution in [0.3, 0.4) is 0 Å². The first-order valence-corrected chi connectivity index (χ1v) is 5.36. The van der Waals surface area contributed by atoms with Crippen molar-refractivity contribution in [2.75, 3.05) is 6.54 Å². The summed E-state index contributed by atoms with van der Waals surface area (Å²) in [6.07, 6.45) is -2.64. The Bertz CT molecular complexity index is 449. The zero-order valence-corrected chi connectivity index (χ0v) is 9.57. The Morgan fingerprint density at radius 2 is 2.11 bits per heavy atom. The van der Waals surface area contributed by atoms with E-state index in [-0.39, 0.29) is 25.1 Å². The lowest BCUT2D eigenvalue weighted by molar-refractivity contribution is 0.0129. The number of aliphatic hydroxyl groups is 3.